The number of hydrogen-bond donors (Lipinski definition) is 3. The van der Waals surface area contributed by atoms with E-state index in [9.17, 15) is 33.7 Å². The summed E-state index contributed by atoms with van der Waals surface area (Å²) in [7, 11) is 0. The maximum Gasteiger partial charge on any atom is 0.306 e. The fraction of sp³-hybridized carbons (Fsp3) is 0.333. The second kappa shape index (κ2) is 12.9. The number of carbonyl (C=O) groups excluding carboxylic acids is 4. The molecule has 0 aliphatic rings. The minimum atomic E-state index is -1.44. The minimum absolute atomic E-state index is 0.0671. The van der Waals surface area contributed by atoms with Gasteiger partial charge in [0.2, 0.25) is 17.7 Å². The van der Waals surface area contributed by atoms with Crippen LogP contribution in [0, 0.1) is 15.9 Å². The molecule has 12 heteroatoms. The van der Waals surface area contributed by atoms with Crippen LogP contribution in [0.3, 0.4) is 0 Å². The fourth-order valence-electron chi connectivity index (χ4n) is 3.65. The molecule has 0 saturated carbocycles. The Labute approximate surface area is 206 Å². The summed E-state index contributed by atoms with van der Waals surface area (Å²) in [5, 5.41) is 15.9. The Hall–Kier alpha value is -4.35. The van der Waals surface area contributed by atoms with Crippen molar-refractivity contribution in [1.29, 1.82) is 0 Å². The summed E-state index contributed by atoms with van der Waals surface area (Å²) in [6, 6.07) is 7.90. The summed E-state index contributed by atoms with van der Waals surface area (Å²) in [6.45, 7) is 2.85. The van der Waals surface area contributed by atoms with Gasteiger partial charge in [-0.2, -0.15) is 0 Å². The molecule has 0 unspecified atom stereocenters. The van der Waals surface area contributed by atoms with Crippen LogP contribution in [0.15, 0.2) is 48.5 Å². The fourth-order valence-corrected chi connectivity index (χ4v) is 3.65. The molecule has 36 heavy (non-hydrogen) atoms. The number of amides is 3. The van der Waals surface area contributed by atoms with Crippen molar-refractivity contribution >= 4 is 29.4 Å². The lowest BCUT2D eigenvalue weighted by Crippen LogP contribution is -2.55. The number of ether oxygens (including phenoxy) is 1. The number of benzene rings is 2. The Morgan fingerprint density at radius 2 is 1.78 bits per heavy atom. The first-order valence-corrected chi connectivity index (χ1v) is 11.0. The standard InChI is InChI=1S/C24H27FN4O7/c1-3-36-21(31)13-19(16-7-9-18(10-8-16)29(34)35)22(23(26)32)28-24(33)20(27-14(2)30)12-15-5-4-6-17(25)11-15/h4-11,19-20,22H,3,12-13H2,1-2H3,(H2,26,32)(H,27,30)(H,28,33)/t19-,20-,22-/m0/s1. The summed E-state index contributed by atoms with van der Waals surface area (Å²) < 4.78 is 18.6. The molecule has 3 amide bonds. The number of primary amides is 1. The van der Waals surface area contributed by atoms with Gasteiger partial charge in [0.25, 0.3) is 5.69 Å². The third-order valence-electron chi connectivity index (χ3n) is 5.25. The van der Waals surface area contributed by atoms with Crippen LogP contribution in [0.5, 0.6) is 0 Å². The van der Waals surface area contributed by atoms with Gasteiger partial charge in [0.05, 0.1) is 18.0 Å². The van der Waals surface area contributed by atoms with Crippen LogP contribution >= 0.6 is 0 Å². The molecule has 0 spiro atoms. The number of nitro groups is 1. The van der Waals surface area contributed by atoms with Crippen LogP contribution in [-0.2, 0) is 30.3 Å². The van der Waals surface area contributed by atoms with E-state index in [1.807, 2.05) is 0 Å². The summed E-state index contributed by atoms with van der Waals surface area (Å²) in [5.74, 6) is -4.56. The largest absolute Gasteiger partial charge is 0.466 e. The van der Waals surface area contributed by atoms with Crippen molar-refractivity contribution < 1.29 is 33.2 Å². The highest BCUT2D eigenvalue weighted by atomic mass is 19.1. The maximum atomic E-state index is 13.6. The third-order valence-corrected chi connectivity index (χ3v) is 5.25. The van der Waals surface area contributed by atoms with E-state index in [1.54, 1.807) is 13.0 Å². The highest BCUT2D eigenvalue weighted by Gasteiger charge is 2.34. The third kappa shape index (κ3) is 8.15. The van der Waals surface area contributed by atoms with Gasteiger partial charge in [-0.3, -0.25) is 29.3 Å². The molecule has 2 aromatic carbocycles. The van der Waals surface area contributed by atoms with Gasteiger partial charge in [-0.05, 0) is 30.2 Å². The first kappa shape index (κ1) is 27.9. The molecular weight excluding hydrogens is 475 g/mol. The monoisotopic (exact) mass is 502 g/mol. The van der Waals surface area contributed by atoms with Crippen LogP contribution in [0.2, 0.25) is 0 Å². The molecule has 0 heterocycles. The molecule has 2 rings (SSSR count). The number of nitrogens with one attached hydrogen (secondary N) is 2. The maximum absolute atomic E-state index is 13.6. The lowest BCUT2D eigenvalue weighted by molar-refractivity contribution is -0.384. The molecule has 2 aromatic rings. The van der Waals surface area contributed by atoms with E-state index in [2.05, 4.69) is 10.6 Å². The predicted octanol–water partition coefficient (Wildman–Crippen LogP) is 1.49. The van der Waals surface area contributed by atoms with E-state index in [1.165, 1.54) is 49.4 Å². The number of non-ortho nitro benzene ring substituents is 1. The van der Waals surface area contributed by atoms with Crippen molar-refractivity contribution in [2.45, 2.75) is 44.7 Å². The van der Waals surface area contributed by atoms with Crippen molar-refractivity contribution in [3.8, 4) is 0 Å². The van der Waals surface area contributed by atoms with Crippen molar-refractivity contribution in [2.75, 3.05) is 6.61 Å². The van der Waals surface area contributed by atoms with Crippen LogP contribution in [0.25, 0.3) is 0 Å². The highest BCUT2D eigenvalue weighted by Crippen LogP contribution is 2.27. The lowest BCUT2D eigenvalue weighted by atomic mass is 9.87. The van der Waals surface area contributed by atoms with E-state index in [0.29, 0.717) is 11.1 Å². The molecule has 0 fully saturated rings. The SMILES string of the molecule is CCOC(=O)C[C@@H](c1ccc([N+](=O)[O-])cc1)[C@H](NC(=O)[C@H](Cc1cccc(F)c1)NC(C)=O)C(N)=O. The number of halogens is 1. The van der Waals surface area contributed by atoms with Gasteiger partial charge >= 0.3 is 5.97 Å². The summed E-state index contributed by atoms with van der Waals surface area (Å²) in [4.78, 5) is 60.0. The quantitative estimate of drug-likeness (QED) is 0.224. The normalized spacial score (nSPS) is 13.1. The Bertz CT molecular complexity index is 1120. The zero-order valence-electron chi connectivity index (χ0n) is 19.7. The predicted molar refractivity (Wildman–Crippen MR) is 126 cm³/mol. The van der Waals surface area contributed by atoms with Crippen LogP contribution < -0.4 is 16.4 Å². The molecule has 0 saturated heterocycles. The summed E-state index contributed by atoms with van der Waals surface area (Å²) >= 11 is 0. The van der Waals surface area contributed by atoms with Crippen LogP contribution in [0.1, 0.15) is 37.3 Å². The number of nitrogens with two attached hydrogens (primary N) is 1. The van der Waals surface area contributed by atoms with E-state index < -0.39 is 52.4 Å². The van der Waals surface area contributed by atoms with E-state index in [4.69, 9.17) is 10.5 Å². The number of carbonyl (C=O) groups is 4. The summed E-state index contributed by atoms with van der Waals surface area (Å²) in [5.41, 5.74) is 6.09. The number of nitrogens with zero attached hydrogens (tertiary/aromatic N) is 1. The zero-order valence-corrected chi connectivity index (χ0v) is 19.7. The first-order valence-electron chi connectivity index (χ1n) is 11.0. The molecule has 0 radical (unpaired) electrons. The second-order valence-corrected chi connectivity index (χ2v) is 7.94. The Morgan fingerprint density at radius 3 is 2.31 bits per heavy atom. The molecular formula is C24H27FN4O7. The molecule has 0 aliphatic carbocycles. The molecule has 0 bridgehead atoms. The Morgan fingerprint density at radius 1 is 1.11 bits per heavy atom. The number of rotatable bonds is 12. The van der Waals surface area contributed by atoms with Gasteiger partial charge in [0.1, 0.15) is 17.9 Å². The first-order chi connectivity index (χ1) is 17.0. The topological polar surface area (TPSA) is 171 Å². The average Bonchev–Trinajstić information content (AvgIpc) is 2.80. The van der Waals surface area contributed by atoms with Gasteiger partial charge in [-0.15, -0.1) is 0 Å². The number of hydrogen-bond acceptors (Lipinski definition) is 7. The van der Waals surface area contributed by atoms with Crippen LogP contribution in [-0.4, -0.2) is 47.3 Å². The van der Waals surface area contributed by atoms with Crippen molar-refractivity contribution in [3.63, 3.8) is 0 Å². The van der Waals surface area contributed by atoms with Crippen molar-refractivity contribution in [3.05, 3.63) is 75.6 Å². The van der Waals surface area contributed by atoms with Gasteiger partial charge in [-0.1, -0.05) is 24.3 Å². The molecule has 0 aliphatic heterocycles. The highest BCUT2D eigenvalue weighted by molar-refractivity contribution is 5.92. The van der Waals surface area contributed by atoms with Gasteiger partial charge < -0.3 is 21.1 Å². The number of esters is 1. The molecule has 11 nitrogen and oxygen atoms in total. The lowest BCUT2D eigenvalue weighted by Gasteiger charge is -2.27. The molecule has 3 atom stereocenters. The van der Waals surface area contributed by atoms with Gasteiger partial charge in [0, 0.05) is 31.4 Å². The van der Waals surface area contributed by atoms with Gasteiger partial charge in [0.15, 0.2) is 0 Å². The number of nitro benzene ring substituents is 1. The average molecular weight is 502 g/mol. The molecule has 4 N–H and O–H groups in total. The smallest absolute Gasteiger partial charge is 0.306 e. The van der Waals surface area contributed by atoms with Crippen LogP contribution in [0.4, 0.5) is 10.1 Å². The molecule has 0 aromatic heterocycles. The van der Waals surface area contributed by atoms with E-state index >= 15 is 0 Å². The zero-order chi connectivity index (χ0) is 26.8. The minimum Gasteiger partial charge on any atom is -0.466 e. The Kier molecular flexibility index (Phi) is 10.0. The second-order valence-electron chi connectivity index (χ2n) is 7.94. The van der Waals surface area contributed by atoms with Crippen molar-refractivity contribution in [1.82, 2.24) is 10.6 Å². The van der Waals surface area contributed by atoms with Crippen molar-refractivity contribution in [2.24, 2.45) is 5.73 Å². The van der Waals surface area contributed by atoms with Gasteiger partial charge in [-0.25, -0.2) is 4.39 Å². The molecule has 192 valence electrons. The van der Waals surface area contributed by atoms with E-state index in [0.717, 1.165) is 0 Å². The Balaban J connectivity index is 2.38. The van der Waals surface area contributed by atoms with E-state index in [-0.39, 0.29) is 25.1 Å². The summed E-state index contributed by atoms with van der Waals surface area (Å²) in [6.07, 6.45) is -0.455.